The van der Waals surface area contributed by atoms with Crippen LogP contribution in [0.4, 0.5) is 0 Å². The minimum absolute atomic E-state index is 0.273. The van der Waals surface area contributed by atoms with Gasteiger partial charge in [0.05, 0.1) is 12.7 Å². The minimum atomic E-state index is -0.273. The van der Waals surface area contributed by atoms with Crippen LogP contribution in [-0.2, 0) is 9.53 Å². The zero-order chi connectivity index (χ0) is 12.1. The molecule has 1 amide bonds. The van der Waals surface area contributed by atoms with Crippen molar-refractivity contribution in [3.05, 3.63) is 0 Å². The van der Waals surface area contributed by atoms with Gasteiger partial charge in [-0.3, -0.25) is 4.79 Å². The van der Waals surface area contributed by atoms with Crippen molar-refractivity contribution in [2.45, 2.75) is 52.6 Å². The second kappa shape index (κ2) is 6.24. The Kier molecular flexibility index (Phi) is 5.26. The highest BCUT2D eigenvalue weighted by Crippen LogP contribution is 2.35. The maximum atomic E-state index is 10.7. The van der Waals surface area contributed by atoms with E-state index in [0.29, 0.717) is 31.0 Å². The summed E-state index contributed by atoms with van der Waals surface area (Å²) < 4.78 is 5.84. The largest absolute Gasteiger partial charge is 0.377 e. The summed E-state index contributed by atoms with van der Waals surface area (Å²) in [6.45, 7) is 7.27. The van der Waals surface area contributed by atoms with Crippen LogP contribution < -0.4 is 5.73 Å². The average molecular weight is 227 g/mol. The number of rotatable bonds is 5. The Bertz CT molecular complexity index is 228. The standard InChI is InChI=1S/C13H25NO2/c1-9(2)11-5-4-10(3)8-12(11)16-7-6-13(14)15/h9-12H,4-8H2,1-3H3,(H2,14,15). The molecule has 0 aliphatic heterocycles. The number of carbonyl (C=O) groups is 1. The number of amides is 1. The summed E-state index contributed by atoms with van der Waals surface area (Å²) in [7, 11) is 0. The average Bonchev–Trinajstić information content (AvgIpc) is 2.16. The number of ether oxygens (including phenoxy) is 1. The molecule has 2 N–H and O–H groups in total. The van der Waals surface area contributed by atoms with E-state index in [0.717, 1.165) is 12.3 Å². The van der Waals surface area contributed by atoms with Crippen LogP contribution >= 0.6 is 0 Å². The number of primary amides is 1. The zero-order valence-electron chi connectivity index (χ0n) is 10.7. The molecule has 3 nitrogen and oxygen atoms in total. The molecule has 3 heteroatoms. The fourth-order valence-corrected chi connectivity index (χ4v) is 2.62. The number of hydrogen-bond acceptors (Lipinski definition) is 2. The van der Waals surface area contributed by atoms with Crippen molar-refractivity contribution in [3.8, 4) is 0 Å². The first-order valence-corrected chi connectivity index (χ1v) is 6.40. The van der Waals surface area contributed by atoms with Crippen LogP contribution in [0.5, 0.6) is 0 Å². The SMILES string of the molecule is CC1CCC(C(C)C)C(OCCC(N)=O)C1. The van der Waals surface area contributed by atoms with Crippen LogP contribution in [0, 0.1) is 17.8 Å². The summed E-state index contributed by atoms with van der Waals surface area (Å²) in [5.41, 5.74) is 5.11. The normalized spacial score (nSPS) is 30.6. The molecule has 0 aromatic carbocycles. The third-order valence-electron chi connectivity index (χ3n) is 3.64. The molecule has 94 valence electrons. The second-order valence-electron chi connectivity index (χ2n) is 5.45. The maximum Gasteiger partial charge on any atom is 0.219 e. The van der Waals surface area contributed by atoms with Gasteiger partial charge in [0.15, 0.2) is 0 Å². The third kappa shape index (κ3) is 4.12. The van der Waals surface area contributed by atoms with Crippen LogP contribution in [0.2, 0.25) is 0 Å². The molecular formula is C13H25NO2. The van der Waals surface area contributed by atoms with Crippen molar-refractivity contribution in [2.24, 2.45) is 23.5 Å². The van der Waals surface area contributed by atoms with E-state index in [-0.39, 0.29) is 5.91 Å². The summed E-state index contributed by atoms with van der Waals surface area (Å²) in [5, 5.41) is 0. The number of hydrogen-bond donors (Lipinski definition) is 1. The second-order valence-corrected chi connectivity index (χ2v) is 5.45. The molecule has 3 unspecified atom stereocenters. The Labute approximate surface area is 98.7 Å². The molecule has 0 spiro atoms. The van der Waals surface area contributed by atoms with Gasteiger partial charge in [-0.25, -0.2) is 0 Å². The highest BCUT2D eigenvalue weighted by atomic mass is 16.5. The van der Waals surface area contributed by atoms with Gasteiger partial charge in [0.1, 0.15) is 0 Å². The molecule has 1 rings (SSSR count). The van der Waals surface area contributed by atoms with Crippen LogP contribution in [0.1, 0.15) is 46.5 Å². The highest BCUT2D eigenvalue weighted by molar-refractivity contribution is 5.73. The molecule has 0 heterocycles. The smallest absolute Gasteiger partial charge is 0.219 e. The lowest BCUT2D eigenvalue weighted by molar-refractivity contribution is -0.120. The molecule has 0 aromatic rings. The molecular weight excluding hydrogens is 202 g/mol. The van der Waals surface area contributed by atoms with E-state index in [1.807, 2.05) is 0 Å². The van der Waals surface area contributed by atoms with Crippen molar-refractivity contribution < 1.29 is 9.53 Å². The number of carbonyl (C=O) groups excluding carboxylic acids is 1. The molecule has 3 atom stereocenters. The molecule has 16 heavy (non-hydrogen) atoms. The van der Waals surface area contributed by atoms with Gasteiger partial charge in [0, 0.05) is 6.42 Å². The third-order valence-corrected chi connectivity index (χ3v) is 3.64. The van der Waals surface area contributed by atoms with Crippen LogP contribution in [-0.4, -0.2) is 18.6 Å². The van der Waals surface area contributed by atoms with Gasteiger partial charge in [-0.2, -0.15) is 0 Å². The first-order chi connectivity index (χ1) is 7.50. The lowest BCUT2D eigenvalue weighted by Crippen LogP contribution is -2.35. The summed E-state index contributed by atoms with van der Waals surface area (Å²) in [4.78, 5) is 10.7. The lowest BCUT2D eigenvalue weighted by Gasteiger charge is -2.37. The van der Waals surface area contributed by atoms with Gasteiger partial charge in [-0.1, -0.05) is 27.2 Å². The van der Waals surface area contributed by atoms with E-state index < -0.39 is 0 Å². The summed E-state index contributed by atoms with van der Waals surface area (Å²) in [6, 6.07) is 0. The van der Waals surface area contributed by atoms with E-state index in [1.165, 1.54) is 12.8 Å². The molecule has 1 aliphatic rings. The van der Waals surface area contributed by atoms with E-state index in [9.17, 15) is 4.79 Å². The maximum absolute atomic E-state index is 10.7. The molecule has 0 aromatic heterocycles. The summed E-state index contributed by atoms with van der Waals surface area (Å²) >= 11 is 0. The predicted octanol–water partition coefficient (Wildman–Crippen LogP) is 2.34. The fraction of sp³-hybridized carbons (Fsp3) is 0.923. The Balaban J connectivity index is 2.41. The molecule has 0 bridgehead atoms. The predicted molar refractivity (Wildman–Crippen MR) is 64.9 cm³/mol. The van der Waals surface area contributed by atoms with Crippen LogP contribution in [0.25, 0.3) is 0 Å². The van der Waals surface area contributed by atoms with Gasteiger partial charge in [-0.05, 0) is 30.6 Å². The van der Waals surface area contributed by atoms with Crippen molar-refractivity contribution >= 4 is 5.91 Å². The summed E-state index contributed by atoms with van der Waals surface area (Å²) in [5.74, 6) is 1.77. The van der Waals surface area contributed by atoms with Gasteiger partial charge in [-0.15, -0.1) is 0 Å². The van der Waals surface area contributed by atoms with E-state index in [4.69, 9.17) is 10.5 Å². The molecule has 0 radical (unpaired) electrons. The first-order valence-electron chi connectivity index (χ1n) is 6.40. The monoisotopic (exact) mass is 227 g/mol. The van der Waals surface area contributed by atoms with Crippen molar-refractivity contribution in [1.29, 1.82) is 0 Å². The lowest BCUT2D eigenvalue weighted by atomic mass is 9.75. The Morgan fingerprint density at radius 1 is 1.44 bits per heavy atom. The van der Waals surface area contributed by atoms with Crippen molar-refractivity contribution in [2.75, 3.05) is 6.61 Å². The molecule has 0 saturated heterocycles. The fourth-order valence-electron chi connectivity index (χ4n) is 2.62. The van der Waals surface area contributed by atoms with Gasteiger partial charge in [0.2, 0.25) is 5.91 Å². The summed E-state index contributed by atoms with van der Waals surface area (Å²) in [6.07, 6.45) is 4.35. The molecule has 1 fully saturated rings. The van der Waals surface area contributed by atoms with Gasteiger partial charge >= 0.3 is 0 Å². The van der Waals surface area contributed by atoms with Gasteiger partial charge < -0.3 is 10.5 Å². The molecule has 1 saturated carbocycles. The zero-order valence-corrected chi connectivity index (χ0v) is 10.7. The van der Waals surface area contributed by atoms with E-state index in [2.05, 4.69) is 20.8 Å². The first kappa shape index (κ1) is 13.5. The van der Waals surface area contributed by atoms with Gasteiger partial charge in [0.25, 0.3) is 0 Å². The minimum Gasteiger partial charge on any atom is -0.377 e. The van der Waals surface area contributed by atoms with Crippen LogP contribution in [0.3, 0.4) is 0 Å². The van der Waals surface area contributed by atoms with Crippen molar-refractivity contribution in [3.63, 3.8) is 0 Å². The van der Waals surface area contributed by atoms with E-state index in [1.54, 1.807) is 0 Å². The van der Waals surface area contributed by atoms with E-state index >= 15 is 0 Å². The Hall–Kier alpha value is -0.570. The highest BCUT2D eigenvalue weighted by Gasteiger charge is 2.31. The van der Waals surface area contributed by atoms with Crippen LogP contribution in [0.15, 0.2) is 0 Å². The Morgan fingerprint density at radius 2 is 2.12 bits per heavy atom. The molecule has 1 aliphatic carbocycles. The topological polar surface area (TPSA) is 52.3 Å². The number of nitrogens with two attached hydrogens (primary N) is 1. The Morgan fingerprint density at radius 3 is 2.69 bits per heavy atom. The quantitative estimate of drug-likeness (QED) is 0.783. The van der Waals surface area contributed by atoms with Crippen molar-refractivity contribution in [1.82, 2.24) is 0 Å².